The molecule has 3 aromatic rings. The van der Waals surface area contributed by atoms with Gasteiger partial charge in [-0.25, -0.2) is 0 Å². The first-order chi connectivity index (χ1) is 23.4. The number of hydrogen-bond donors (Lipinski definition) is 0. The van der Waals surface area contributed by atoms with Gasteiger partial charge >= 0.3 is 20.2 Å². The van der Waals surface area contributed by atoms with Gasteiger partial charge in [-0.3, -0.25) is 14.1 Å². The van der Waals surface area contributed by atoms with Crippen LogP contribution in [0.4, 0.5) is 0 Å². The van der Waals surface area contributed by atoms with Crippen LogP contribution in [0.25, 0.3) is 21.9 Å². The standard InChI is InChI=1S/C39H49Br2O7P/c1-22(6-15-37(43)44-5)31-11-12-32-28-10-7-24-18-27(45-23(2)42)16-17-38(24,3)33(28)21-36(39(31,32)4)48-49-46-34-13-8-25(40)19-29(34)30-20-26(41)9-14-35(30)47-49/h8-9,13-14,19-20,22,24,27-28,31-33,36H,6-7,10-12,15-18,21H2,1-5H3/t22-,24-,27-,28+,31-,32+,33+,36+,38+,39-/m1/s1. The summed E-state index contributed by atoms with van der Waals surface area (Å²) in [7, 11) is -0.292. The van der Waals surface area contributed by atoms with Crippen molar-refractivity contribution in [2.45, 2.75) is 104 Å². The van der Waals surface area contributed by atoms with Gasteiger partial charge in [-0.1, -0.05) is 52.6 Å². The molecule has 0 unspecified atom stereocenters. The molecule has 7 nitrogen and oxygen atoms in total. The van der Waals surface area contributed by atoms with E-state index < -0.39 is 8.24 Å². The van der Waals surface area contributed by atoms with E-state index in [0.29, 0.717) is 41.9 Å². The van der Waals surface area contributed by atoms with Crippen molar-refractivity contribution in [3.63, 3.8) is 0 Å². The van der Waals surface area contributed by atoms with Crippen LogP contribution in [0.1, 0.15) is 91.9 Å². The second kappa shape index (κ2) is 14.0. The molecule has 0 saturated heterocycles. The lowest BCUT2D eigenvalue weighted by atomic mass is 9.43. The molecule has 0 N–H and O–H groups in total. The smallest absolute Gasteiger partial charge is 0.387 e. The van der Waals surface area contributed by atoms with E-state index in [1.807, 2.05) is 24.3 Å². The molecule has 4 aliphatic rings. The number of fused-ring (bicyclic) bond motifs is 8. The second-order valence-electron chi connectivity index (χ2n) is 15.8. The molecule has 1 heterocycles. The summed E-state index contributed by atoms with van der Waals surface area (Å²) < 4.78 is 33.5. The van der Waals surface area contributed by atoms with Crippen LogP contribution in [0.3, 0.4) is 0 Å². The molecule has 0 aliphatic heterocycles. The van der Waals surface area contributed by atoms with E-state index in [9.17, 15) is 9.59 Å². The number of halogens is 2. The highest BCUT2D eigenvalue weighted by Crippen LogP contribution is 2.69. The fraction of sp³-hybridized carbons (Fsp3) is 0.641. The van der Waals surface area contributed by atoms with Crippen LogP contribution in [0, 0.1) is 46.3 Å². The fourth-order valence-electron chi connectivity index (χ4n) is 11.2. The monoisotopic (exact) mass is 818 g/mol. The summed E-state index contributed by atoms with van der Waals surface area (Å²) in [6.45, 7) is 8.87. The minimum absolute atomic E-state index is 0.0241. The first-order valence-corrected chi connectivity index (χ1v) is 20.7. The number of rotatable bonds is 7. The van der Waals surface area contributed by atoms with Crippen molar-refractivity contribution < 1.29 is 32.0 Å². The zero-order valence-corrected chi connectivity index (χ0v) is 33.3. The summed E-state index contributed by atoms with van der Waals surface area (Å²) in [5.41, 5.74) is 1.57. The number of methoxy groups -OCH3 is 1. The number of ether oxygens (including phenoxy) is 2. The SMILES string of the molecule is COC(=O)CC[C@@H](C)[C@H]1CC[C@H]2[C@@H]3CC[C@@H]4C[C@H](OC(C)=O)CC[C@]4(C)[C@H]3C[C@H](Op3oc4ccc(Br)cc4c4cc(Br)ccc4o3)[C@]12C. The normalized spacial score (nSPS) is 34.5. The van der Waals surface area contributed by atoms with Gasteiger partial charge in [0.25, 0.3) is 0 Å². The molecule has 10 atom stereocenters. The van der Waals surface area contributed by atoms with Crippen LogP contribution < -0.4 is 4.52 Å². The predicted octanol–water partition coefficient (Wildman–Crippen LogP) is 11.4. The molecule has 4 saturated carbocycles. The van der Waals surface area contributed by atoms with Crippen molar-refractivity contribution in [3.8, 4) is 0 Å². The molecule has 0 radical (unpaired) electrons. The minimum atomic E-state index is -1.77. The van der Waals surface area contributed by atoms with E-state index in [1.165, 1.54) is 33.3 Å². The second-order valence-corrected chi connectivity index (χ2v) is 18.7. The number of carbonyl (C=O) groups excluding carboxylic acids is 2. The largest absolute Gasteiger partial charge is 0.469 e. The van der Waals surface area contributed by atoms with Crippen molar-refractivity contribution in [3.05, 3.63) is 45.3 Å². The molecule has 4 aliphatic carbocycles. The van der Waals surface area contributed by atoms with Gasteiger partial charge < -0.3 is 17.9 Å². The summed E-state index contributed by atoms with van der Waals surface area (Å²) in [6.07, 6.45) is 9.81. The Hall–Kier alpha value is -1.80. The number of esters is 2. The van der Waals surface area contributed by atoms with Gasteiger partial charge in [0.2, 0.25) is 0 Å². The van der Waals surface area contributed by atoms with Crippen LogP contribution in [0.5, 0.6) is 0 Å². The van der Waals surface area contributed by atoms with Crippen molar-refractivity contribution in [1.82, 2.24) is 0 Å². The molecule has 49 heavy (non-hydrogen) atoms. The highest BCUT2D eigenvalue weighted by atomic mass is 79.9. The van der Waals surface area contributed by atoms with Crippen LogP contribution in [-0.4, -0.2) is 31.3 Å². The molecule has 1 aromatic heterocycles. The lowest BCUT2D eigenvalue weighted by Gasteiger charge is -2.62. The zero-order chi connectivity index (χ0) is 34.7. The third-order valence-electron chi connectivity index (χ3n) is 13.5. The summed E-state index contributed by atoms with van der Waals surface area (Å²) in [5, 5.41) is 1.93. The summed E-state index contributed by atoms with van der Waals surface area (Å²) in [4.78, 5) is 24.1. The summed E-state index contributed by atoms with van der Waals surface area (Å²) in [6, 6.07) is 12.2. The molecule has 0 amide bonds. The number of carbonyl (C=O) groups is 2. The molecule has 7 rings (SSSR count). The van der Waals surface area contributed by atoms with Crippen LogP contribution in [0.2, 0.25) is 0 Å². The lowest BCUT2D eigenvalue weighted by molar-refractivity contribution is -0.172. The summed E-state index contributed by atoms with van der Waals surface area (Å²) in [5.74, 6) is 2.61. The first-order valence-electron chi connectivity index (χ1n) is 18.1. The van der Waals surface area contributed by atoms with Crippen molar-refractivity contribution in [2.24, 2.45) is 46.3 Å². The quantitative estimate of drug-likeness (QED) is 0.219. The van der Waals surface area contributed by atoms with Crippen molar-refractivity contribution in [1.29, 1.82) is 0 Å². The van der Waals surface area contributed by atoms with Gasteiger partial charge in [-0.05, 0) is 135 Å². The summed E-state index contributed by atoms with van der Waals surface area (Å²) >= 11 is 7.32. The Morgan fingerprint density at radius 3 is 2.24 bits per heavy atom. The van der Waals surface area contributed by atoms with Gasteiger partial charge in [0.05, 0.1) is 13.2 Å². The molecule has 4 fully saturated rings. The maximum absolute atomic E-state index is 12.2. The van der Waals surface area contributed by atoms with E-state index in [2.05, 4.69) is 64.8 Å². The van der Waals surface area contributed by atoms with E-state index >= 15 is 0 Å². The maximum Gasteiger partial charge on any atom is 0.387 e. The predicted molar refractivity (Wildman–Crippen MR) is 199 cm³/mol. The minimum Gasteiger partial charge on any atom is -0.469 e. The highest BCUT2D eigenvalue weighted by molar-refractivity contribution is 9.10. The van der Waals surface area contributed by atoms with E-state index in [1.54, 1.807) is 0 Å². The Bertz CT molecular complexity index is 1710. The molecule has 10 heteroatoms. The van der Waals surface area contributed by atoms with Gasteiger partial charge in [0.15, 0.2) is 0 Å². The highest BCUT2D eigenvalue weighted by Gasteiger charge is 2.65. The topological polar surface area (TPSA) is 88.1 Å². The third kappa shape index (κ3) is 6.57. The molecule has 0 spiro atoms. The Labute approximate surface area is 307 Å². The Balaban J connectivity index is 1.29. The molecule has 266 valence electrons. The number of benzene rings is 2. The van der Waals surface area contributed by atoms with E-state index in [0.717, 1.165) is 69.4 Å². The average molecular weight is 821 g/mol. The molecule has 2 aromatic carbocycles. The Kier molecular flexibility index (Phi) is 10.1. The zero-order valence-electron chi connectivity index (χ0n) is 29.2. The third-order valence-corrected chi connectivity index (χ3v) is 15.7. The number of hydrogen-bond acceptors (Lipinski definition) is 7. The molecular formula is C39H49Br2O7P. The molecule has 0 bridgehead atoms. The van der Waals surface area contributed by atoms with Crippen LogP contribution in [0.15, 0.2) is 53.7 Å². The lowest BCUT2D eigenvalue weighted by Crippen LogP contribution is -2.60. The average Bonchev–Trinajstić information content (AvgIpc) is 3.36. The Morgan fingerprint density at radius 2 is 1.61 bits per heavy atom. The van der Waals surface area contributed by atoms with Gasteiger partial charge in [-0.15, -0.1) is 0 Å². The van der Waals surface area contributed by atoms with E-state index in [4.69, 9.17) is 22.4 Å². The van der Waals surface area contributed by atoms with Gasteiger partial charge in [0.1, 0.15) is 17.3 Å². The van der Waals surface area contributed by atoms with Crippen LogP contribution in [-0.2, 0) is 19.1 Å². The maximum atomic E-state index is 12.2. The van der Waals surface area contributed by atoms with Gasteiger partial charge in [-0.2, -0.15) is 0 Å². The van der Waals surface area contributed by atoms with E-state index in [-0.39, 0.29) is 35.0 Å². The fourth-order valence-corrected chi connectivity index (χ4v) is 13.2. The Morgan fingerprint density at radius 1 is 0.939 bits per heavy atom. The van der Waals surface area contributed by atoms with Crippen molar-refractivity contribution in [2.75, 3.05) is 7.11 Å². The first kappa shape index (κ1) is 35.6. The van der Waals surface area contributed by atoms with Crippen molar-refractivity contribution >= 4 is 74.0 Å². The van der Waals surface area contributed by atoms with Crippen LogP contribution >= 0.6 is 40.1 Å². The van der Waals surface area contributed by atoms with Gasteiger partial charge in [0, 0.05) is 38.5 Å². The molecular weight excluding hydrogens is 771 g/mol.